The van der Waals surface area contributed by atoms with Crippen molar-refractivity contribution in [3.63, 3.8) is 0 Å². The molecule has 0 saturated carbocycles. The first-order valence-electron chi connectivity index (χ1n) is 6.59. The fourth-order valence-electron chi connectivity index (χ4n) is 2.18. The van der Waals surface area contributed by atoms with E-state index in [-0.39, 0.29) is 0 Å². The molecule has 6 heteroatoms. The van der Waals surface area contributed by atoms with Crippen LogP contribution >= 0.6 is 0 Å². The van der Waals surface area contributed by atoms with Crippen LogP contribution in [0.4, 0.5) is 5.82 Å². The van der Waals surface area contributed by atoms with E-state index in [1.807, 2.05) is 30.5 Å². The Morgan fingerprint density at radius 1 is 1.24 bits per heavy atom. The molecule has 2 heterocycles. The van der Waals surface area contributed by atoms with E-state index in [4.69, 9.17) is 5.11 Å². The molecule has 0 bridgehead atoms. The number of aromatic carboxylic acids is 1. The third-order valence-electron chi connectivity index (χ3n) is 3.21. The summed E-state index contributed by atoms with van der Waals surface area (Å²) in [4.78, 5) is 15.5. The molecule has 0 aliphatic heterocycles. The Morgan fingerprint density at radius 2 is 2.10 bits per heavy atom. The lowest BCUT2D eigenvalue weighted by atomic mass is 10.0. The molecular formula is C15H14N4O2. The van der Waals surface area contributed by atoms with Gasteiger partial charge in [0.1, 0.15) is 5.82 Å². The van der Waals surface area contributed by atoms with Gasteiger partial charge in [-0.25, -0.2) is 14.3 Å². The highest BCUT2D eigenvalue weighted by Crippen LogP contribution is 2.11. The maximum Gasteiger partial charge on any atom is 0.335 e. The van der Waals surface area contributed by atoms with Crippen LogP contribution in [-0.4, -0.2) is 32.2 Å². The van der Waals surface area contributed by atoms with Crippen molar-refractivity contribution in [2.75, 3.05) is 11.9 Å². The number of nitrogens with one attached hydrogen (secondary N) is 1. The minimum atomic E-state index is -0.899. The molecule has 0 spiro atoms. The van der Waals surface area contributed by atoms with Crippen LogP contribution in [0.25, 0.3) is 5.65 Å². The summed E-state index contributed by atoms with van der Waals surface area (Å²) in [5.74, 6) is -0.153. The van der Waals surface area contributed by atoms with Crippen molar-refractivity contribution in [1.29, 1.82) is 0 Å². The van der Waals surface area contributed by atoms with Gasteiger partial charge >= 0.3 is 5.97 Å². The van der Waals surface area contributed by atoms with E-state index in [0.717, 1.165) is 17.0 Å². The topological polar surface area (TPSA) is 79.5 Å². The summed E-state index contributed by atoms with van der Waals surface area (Å²) in [6.45, 7) is 0.613. The summed E-state index contributed by atoms with van der Waals surface area (Å²) in [7, 11) is 0. The average Bonchev–Trinajstić information content (AvgIpc) is 2.95. The molecule has 2 N–H and O–H groups in total. The van der Waals surface area contributed by atoms with Crippen LogP contribution in [0, 0.1) is 0 Å². The molecule has 0 unspecified atom stereocenters. The van der Waals surface area contributed by atoms with E-state index in [9.17, 15) is 4.79 Å². The second-order valence-electron chi connectivity index (χ2n) is 4.59. The van der Waals surface area contributed by atoms with Crippen LogP contribution in [0.2, 0.25) is 0 Å². The number of benzene rings is 1. The number of aromatic nitrogens is 3. The van der Waals surface area contributed by atoms with E-state index in [0.29, 0.717) is 18.5 Å². The Morgan fingerprint density at radius 3 is 2.95 bits per heavy atom. The summed E-state index contributed by atoms with van der Waals surface area (Å²) >= 11 is 0. The fourth-order valence-corrected chi connectivity index (χ4v) is 2.18. The summed E-state index contributed by atoms with van der Waals surface area (Å²) in [5, 5.41) is 16.4. The Balaban J connectivity index is 1.67. The van der Waals surface area contributed by atoms with E-state index in [1.54, 1.807) is 22.8 Å². The highest BCUT2D eigenvalue weighted by Gasteiger charge is 2.08. The van der Waals surface area contributed by atoms with Gasteiger partial charge in [-0.2, -0.15) is 5.10 Å². The van der Waals surface area contributed by atoms with Gasteiger partial charge < -0.3 is 10.4 Å². The lowest BCUT2D eigenvalue weighted by molar-refractivity contribution is 0.0695. The van der Waals surface area contributed by atoms with Crippen molar-refractivity contribution in [3.05, 3.63) is 59.9 Å². The number of fused-ring (bicyclic) bond motifs is 1. The zero-order chi connectivity index (χ0) is 14.7. The molecule has 0 saturated heterocycles. The Bertz CT molecular complexity index is 782. The van der Waals surface area contributed by atoms with Crippen molar-refractivity contribution in [2.24, 2.45) is 0 Å². The predicted octanol–water partition coefficient (Wildman–Crippen LogP) is 2.08. The van der Waals surface area contributed by atoms with Crippen molar-refractivity contribution in [3.8, 4) is 0 Å². The third-order valence-corrected chi connectivity index (χ3v) is 3.21. The minimum Gasteiger partial charge on any atom is -0.478 e. The van der Waals surface area contributed by atoms with Crippen LogP contribution in [0.15, 0.2) is 48.8 Å². The van der Waals surface area contributed by atoms with Gasteiger partial charge in [-0.15, -0.1) is 0 Å². The molecule has 0 fully saturated rings. The third kappa shape index (κ3) is 2.84. The molecule has 3 rings (SSSR count). The summed E-state index contributed by atoms with van der Waals surface area (Å²) in [5.41, 5.74) is 1.92. The highest BCUT2D eigenvalue weighted by molar-refractivity contribution is 5.89. The second kappa shape index (κ2) is 5.62. The molecule has 0 amide bonds. The fraction of sp³-hybridized carbons (Fsp3) is 0.133. The zero-order valence-corrected chi connectivity index (χ0v) is 11.2. The van der Waals surface area contributed by atoms with Gasteiger partial charge in [0, 0.05) is 18.8 Å². The summed E-state index contributed by atoms with van der Waals surface area (Å²) < 4.78 is 1.69. The first kappa shape index (κ1) is 13.1. The van der Waals surface area contributed by atoms with Crippen molar-refractivity contribution < 1.29 is 9.90 Å². The van der Waals surface area contributed by atoms with Gasteiger partial charge in [-0.1, -0.05) is 18.2 Å². The molecule has 2 aromatic heterocycles. The predicted molar refractivity (Wildman–Crippen MR) is 78.6 cm³/mol. The van der Waals surface area contributed by atoms with E-state index in [1.165, 1.54) is 0 Å². The molecule has 106 valence electrons. The molecule has 0 aliphatic carbocycles. The largest absolute Gasteiger partial charge is 0.478 e. The molecule has 1 aromatic carbocycles. The number of carboxylic acids is 1. The van der Waals surface area contributed by atoms with Crippen LogP contribution in [0.1, 0.15) is 15.9 Å². The number of hydrogen-bond donors (Lipinski definition) is 2. The normalized spacial score (nSPS) is 10.7. The van der Waals surface area contributed by atoms with Gasteiger partial charge in [0.15, 0.2) is 5.65 Å². The minimum absolute atomic E-state index is 0.346. The van der Waals surface area contributed by atoms with Crippen LogP contribution in [-0.2, 0) is 6.42 Å². The van der Waals surface area contributed by atoms with Gasteiger partial charge in [0.25, 0.3) is 0 Å². The Labute approximate surface area is 121 Å². The van der Waals surface area contributed by atoms with Gasteiger partial charge in [-0.05, 0) is 24.1 Å². The van der Waals surface area contributed by atoms with Gasteiger partial charge in [0.2, 0.25) is 0 Å². The highest BCUT2D eigenvalue weighted by atomic mass is 16.4. The van der Waals surface area contributed by atoms with Crippen LogP contribution in [0.3, 0.4) is 0 Å². The molecule has 0 atom stereocenters. The smallest absolute Gasteiger partial charge is 0.335 e. The number of carboxylic acid groups (broad SMARTS) is 1. The van der Waals surface area contributed by atoms with E-state index in [2.05, 4.69) is 15.4 Å². The SMILES string of the molecule is O=C(O)c1ccccc1CCNc1ccn2nccc2n1. The number of anilines is 1. The molecular weight excluding hydrogens is 268 g/mol. The maximum absolute atomic E-state index is 11.1. The lowest BCUT2D eigenvalue weighted by Gasteiger charge is -2.08. The number of carbonyl (C=O) groups is 1. The molecule has 0 radical (unpaired) electrons. The summed E-state index contributed by atoms with van der Waals surface area (Å²) in [6, 6.07) is 10.7. The standard InChI is InChI=1S/C15H14N4O2/c20-15(21)12-4-2-1-3-11(12)5-8-16-13-7-10-19-14(18-13)6-9-17-19/h1-4,6-7,9-10H,5,8H2,(H,16,18)(H,20,21). The number of rotatable bonds is 5. The zero-order valence-electron chi connectivity index (χ0n) is 11.2. The maximum atomic E-state index is 11.1. The lowest BCUT2D eigenvalue weighted by Crippen LogP contribution is -2.10. The van der Waals surface area contributed by atoms with Gasteiger partial charge in [-0.3, -0.25) is 0 Å². The average molecular weight is 282 g/mol. The molecule has 21 heavy (non-hydrogen) atoms. The van der Waals surface area contributed by atoms with Crippen molar-refractivity contribution in [1.82, 2.24) is 14.6 Å². The van der Waals surface area contributed by atoms with E-state index < -0.39 is 5.97 Å². The van der Waals surface area contributed by atoms with Crippen LogP contribution < -0.4 is 5.32 Å². The van der Waals surface area contributed by atoms with Crippen molar-refractivity contribution >= 4 is 17.4 Å². The Hall–Kier alpha value is -2.89. The van der Waals surface area contributed by atoms with Crippen molar-refractivity contribution in [2.45, 2.75) is 6.42 Å². The summed E-state index contributed by atoms with van der Waals surface area (Å²) in [6.07, 6.45) is 4.14. The first-order valence-corrected chi connectivity index (χ1v) is 6.59. The first-order chi connectivity index (χ1) is 10.2. The Kier molecular flexibility index (Phi) is 3.51. The second-order valence-corrected chi connectivity index (χ2v) is 4.59. The molecule has 3 aromatic rings. The van der Waals surface area contributed by atoms with Gasteiger partial charge in [0.05, 0.1) is 11.8 Å². The van der Waals surface area contributed by atoms with Crippen LogP contribution in [0.5, 0.6) is 0 Å². The quantitative estimate of drug-likeness (QED) is 0.749. The van der Waals surface area contributed by atoms with E-state index >= 15 is 0 Å². The molecule has 6 nitrogen and oxygen atoms in total. The monoisotopic (exact) mass is 282 g/mol. The number of nitrogens with zero attached hydrogens (tertiary/aromatic N) is 3. The number of hydrogen-bond acceptors (Lipinski definition) is 4. The molecule has 0 aliphatic rings.